The summed E-state index contributed by atoms with van der Waals surface area (Å²) >= 11 is 2.63. The van der Waals surface area contributed by atoms with Crippen LogP contribution in [0.2, 0.25) is 0 Å². The monoisotopic (exact) mass is 178 g/mol. The largest absolute Gasteiger partial charge is 0.477 e. The number of allylic oxidation sites excluding steroid dienone is 1. The van der Waals surface area contributed by atoms with Crippen molar-refractivity contribution in [3.8, 4) is 0 Å². The fourth-order valence-corrected chi connectivity index (χ4v) is 0.239. The van der Waals surface area contributed by atoms with Crippen molar-refractivity contribution < 1.29 is 14.7 Å². The van der Waals surface area contributed by atoms with Crippen molar-refractivity contribution in [3.63, 3.8) is 0 Å². The first-order valence-electron chi connectivity index (χ1n) is 1.72. The Morgan fingerprint density at radius 3 is 2.25 bits per heavy atom. The SMILES string of the molecule is O=CC=C(Br)C(=O)O. The number of aldehydes is 1. The van der Waals surface area contributed by atoms with Gasteiger partial charge in [-0.05, 0) is 22.0 Å². The summed E-state index contributed by atoms with van der Waals surface area (Å²) in [6, 6.07) is 0. The molecule has 0 spiro atoms. The molecule has 0 heterocycles. The molecular weight excluding hydrogens is 176 g/mol. The van der Waals surface area contributed by atoms with Gasteiger partial charge in [0, 0.05) is 0 Å². The highest BCUT2D eigenvalue weighted by molar-refractivity contribution is 9.12. The van der Waals surface area contributed by atoms with E-state index >= 15 is 0 Å². The molecule has 0 bridgehead atoms. The summed E-state index contributed by atoms with van der Waals surface area (Å²) in [7, 11) is 0. The number of carboxylic acids is 1. The van der Waals surface area contributed by atoms with Crippen molar-refractivity contribution >= 4 is 28.2 Å². The van der Waals surface area contributed by atoms with Crippen LogP contribution < -0.4 is 0 Å². The topological polar surface area (TPSA) is 54.4 Å². The van der Waals surface area contributed by atoms with E-state index < -0.39 is 5.97 Å². The van der Waals surface area contributed by atoms with Crippen molar-refractivity contribution in [2.24, 2.45) is 0 Å². The zero-order chi connectivity index (χ0) is 6.57. The Hall–Kier alpha value is -0.640. The molecule has 0 amide bonds. The van der Waals surface area contributed by atoms with E-state index in [4.69, 9.17) is 5.11 Å². The molecule has 3 nitrogen and oxygen atoms in total. The molecule has 4 heteroatoms. The van der Waals surface area contributed by atoms with Gasteiger partial charge in [-0.15, -0.1) is 0 Å². The number of carboxylic acid groups (broad SMARTS) is 1. The highest BCUT2D eigenvalue weighted by Crippen LogP contribution is 2.01. The van der Waals surface area contributed by atoms with Crippen molar-refractivity contribution in [1.82, 2.24) is 0 Å². The molecule has 0 aliphatic rings. The predicted octanol–water partition coefficient (Wildman–Crippen LogP) is 0.549. The van der Waals surface area contributed by atoms with Crippen molar-refractivity contribution in [1.29, 1.82) is 0 Å². The Balaban J connectivity index is 3.99. The van der Waals surface area contributed by atoms with Crippen LogP contribution in [0.1, 0.15) is 0 Å². The third-order valence-electron chi connectivity index (χ3n) is 0.419. The highest BCUT2D eigenvalue weighted by atomic mass is 79.9. The van der Waals surface area contributed by atoms with E-state index in [0.717, 1.165) is 6.08 Å². The van der Waals surface area contributed by atoms with Gasteiger partial charge in [-0.2, -0.15) is 0 Å². The molecule has 0 saturated carbocycles. The van der Waals surface area contributed by atoms with Crippen LogP contribution in [0.4, 0.5) is 0 Å². The minimum absolute atomic E-state index is 0.132. The molecule has 44 valence electrons. The van der Waals surface area contributed by atoms with Gasteiger partial charge >= 0.3 is 5.97 Å². The molecule has 0 saturated heterocycles. The predicted molar refractivity (Wildman–Crippen MR) is 30.7 cm³/mol. The second kappa shape index (κ2) is 3.37. The average molecular weight is 179 g/mol. The van der Waals surface area contributed by atoms with Gasteiger partial charge in [-0.1, -0.05) is 0 Å². The number of carbonyl (C=O) groups excluding carboxylic acids is 1. The Morgan fingerprint density at radius 2 is 2.12 bits per heavy atom. The van der Waals surface area contributed by atoms with E-state index in [2.05, 4.69) is 15.9 Å². The lowest BCUT2D eigenvalue weighted by Gasteiger charge is -1.81. The normalized spacial score (nSPS) is 10.9. The lowest BCUT2D eigenvalue weighted by molar-refractivity contribution is -0.131. The van der Waals surface area contributed by atoms with Crippen molar-refractivity contribution in [3.05, 3.63) is 10.6 Å². The van der Waals surface area contributed by atoms with E-state index in [1.165, 1.54) is 0 Å². The molecule has 1 N–H and O–H groups in total. The zero-order valence-corrected chi connectivity index (χ0v) is 5.38. The third kappa shape index (κ3) is 2.52. The van der Waals surface area contributed by atoms with Gasteiger partial charge in [0.1, 0.15) is 10.8 Å². The molecule has 0 unspecified atom stereocenters. The summed E-state index contributed by atoms with van der Waals surface area (Å²) in [5.74, 6) is -1.14. The summed E-state index contributed by atoms with van der Waals surface area (Å²) in [5, 5.41) is 8.04. The fourth-order valence-electron chi connectivity index (χ4n) is 0.131. The van der Waals surface area contributed by atoms with Gasteiger partial charge in [0.25, 0.3) is 0 Å². The molecule has 0 aliphatic heterocycles. The van der Waals surface area contributed by atoms with Crippen LogP contribution in [0.15, 0.2) is 10.6 Å². The van der Waals surface area contributed by atoms with E-state index in [0.29, 0.717) is 6.29 Å². The van der Waals surface area contributed by atoms with Gasteiger partial charge in [0.15, 0.2) is 0 Å². The first-order valence-corrected chi connectivity index (χ1v) is 2.52. The number of hydrogen-bond acceptors (Lipinski definition) is 2. The molecule has 0 aromatic rings. The van der Waals surface area contributed by atoms with Crippen LogP contribution in [-0.4, -0.2) is 17.4 Å². The van der Waals surface area contributed by atoms with Crippen LogP contribution in [0.25, 0.3) is 0 Å². The van der Waals surface area contributed by atoms with Gasteiger partial charge in [0.05, 0.1) is 0 Å². The van der Waals surface area contributed by atoms with E-state index in [-0.39, 0.29) is 4.48 Å². The second-order valence-corrected chi connectivity index (χ2v) is 1.81. The first-order chi connectivity index (χ1) is 3.68. The number of hydrogen-bond donors (Lipinski definition) is 1. The first kappa shape index (κ1) is 7.36. The quantitative estimate of drug-likeness (QED) is 0.497. The highest BCUT2D eigenvalue weighted by Gasteiger charge is 1.98. The molecule has 0 aromatic heterocycles. The van der Waals surface area contributed by atoms with Gasteiger partial charge in [0.2, 0.25) is 0 Å². The molecule has 8 heavy (non-hydrogen) atoms. The number of carbonyl (C=O) groups is 2. The lowest BCUT2D eigenvalue weighted by Crippen LogP contribution is -1.92. The summed E-state index contributed by atoms with van der Waals surface area (Å²) in [5.41, 5.74) is 0. The maximum atomic E-state index is 9.82. The lowest BCUT2D eigenvalue weighted by atomic mass is 10.5. The number of rotatable bonds is 2. The summed E-state index contributed by atoms with van der Waals surface area (Å²) in [6.07, 6.45) is 1.32. The molecule has 0 fully saturated rings. The third-order valence-corrected chi connectivity index (χ3v) is 1.02. The molecule has 0 aromatic carbocycles. The standard InChI is InChI=1S/C4H3BrO3/c5-3(1-2-6)4(7)8/h1-2H,(H,7,8). The van der Waals surface area contributed by atoms with Crippen LogP contribution in [0.5, 0.6) is 0 Å². The average Bonchev–Trinajstić information content (AvgIpc) is 1.67. The summed E-state index contributed by atoms with van der Waals surface area (Å²) < 4.78 is -0.132. The number of aliphatic carboxylic acids is 1. The Bertz CT molecular complexity index is 138. The van der Waals surface area contributed by atoms with Gasteiger partial charge in [-0.3, -0.25) is 4.79 Å². The maximum Gasteiger partial charge on any atom is 0.342 e. The van der Waals surface area contributed by atoms with E-state index in [1.807, 2.05) is 0 Å². The summed E-state index contributed by atoms with van der Waals surface area (Å²) in [4.78, 5) is 19.4. The minimum Gasteiger partial charge on any atom is -0.477 e. The Labute approximate surface area is 54.1 Å². The zero-order valence-electron chi connectivity index (χ0n) is 3.80. The van der Waals surface area contributed by atoms with Crippen LogP contribution >= 0.6 is 15.9 Å². The molecule has 0 atom stereocenters. The Kier molecular flexibility index (Phi) is 3.10. The molecular formula is C4H3BrO3. The van der Waals surface area contributed by atoms with E-state index in [1.54, 1.807) is 0 Å². The van der Waals surface area contributed by atoms with E-state index in [9.17, 15) is 9.59 Å². The Morgan fingerprint density at radius 1 is 1.62 bits per heavy atom. The maximum absolute atomic E-state index is 9.82. The van der Waals surface area contributed by atoms with Gasteiger partial charge < -0.3 is 5.11 Å². The molecule has 0 rings (SSSR count). The number of halogens is 1. The summed E-state index contributed by atoms with van der Waals surface area (Å²) in [6.45, 7) is 0. The minimum atomic E-state index is -1.14. The van der Waals surface area contributed by atoms with Crippen LogP contribution in [-0.2, 0) is 9.59 Å². The van der Waals surface area contributed by atoms with Crippen molar-refractivity contribution in [2.75, 3.05) is 0 Å². The van der Waals surface area contributed by atoms with Crippen LogP contribution in [0, 0.1) is 0 Å². The molecule has 0 aliphatic carbocycles. The smallest absolute Gasteiger partial charge is 0.342 e. The fraction of sp³-hybridized carbons (Fsp3) is 0. The van der Waals surface area contributed by atoms with Gasteiger partial charge in [-0.25, -0.2) is 4.79 Å². The van der Waals surface area contributed by atoms with Crippen LogP contribution in [0.3, 0.4) is 0 Å². The molecule has 0 radical (unpaired) electrons. The second-order valence-electron chi connectivity index (χ2n) is 0.956. The van der Waals surface area contributed by atoms with Crippen molar-refractivity contribution in [2.45, 2.75) is 0 Å².